The molecule has 1 N–H and O–H groups in total. The van der Waals surface area contributed by atoms with Crippen LogP contribution >= 0.6 is 0 Å². The van der Waals surface area contributed by atoms with Gasteiger partial charge in [-0.3, -0.25) is 4.79 Å². The second-order valence-electron chi connectivity index (χ2n) is 5.87. The zero-order chi connectivity index (χ0) is 13.7. The first-order valence-electron chi connectivity index (χ1n) is 6.99. The Hall–Kier alpha value is -0.750. The van der Waals surface area contributed by atoms with Crippen LogP contribution in [0.25, 0.3) is 0 Å². The molecular formula is C13H19F2NO3. The summed E-state index contributed by atoms with van der Waals surface area (Å²) in [4.78, 5) is 13.4. The van der Waals surface area contributed by atoms with Gasteiger partial charge in [0.2, 0.25) is 0 Å². The minimum atomic E-state index is -3.67. The number of hydrogen-bond donors (Lipinski definition) is 1. The van der Waals surface area contributed by atoms with Crippen molar-refractivity contribution in [1.82, 2.24) is 4.90 Å². The van der Waals surface area contributed by atoms with Crippen molar-refractivity contribution >= 4 is 5.91 Å². The molecule has 3 fully saturated rings. The van der Waals surface area contributed by atoms with Crippen LogP contribution in [0.15, 0.2) is 0 Å². The second kappa shape index (κ2) is 4.38. The first kappa shape index (κ1) is 13.2. The van der Waals surface area contributed by atoms with E-state index in [4.69, 9.17) is 4.74 Å². The molecule has 0 aromatic carbocycles. The van der Waals surface area contributed by atoms with Crippen LogP contribution in [-0.2, 0) is 9.53 Å². The lowest BCUT2D eigenvalue weighted by Crippen LogP contribution is -2.64. The van der Waals surface area contributed by atoms with E-state index in [9.17, 15) is 18.7 Å². The molecule has 0 bridgehead atoms. The number of rotatable bonds is 2. The molecule has 2 aliphatic heterocycles. The van der Waals surface area contributed by atoms with Crippen molar-refractivity contribution in [2.75, 3.05) is 13.2 Å². The molecule has 0 unspecified atom stereocenters. The third-order valence-electron chi connectivity index (χ3n) is 4.76. The Morgan fingerprint density at radius 3 is 2.68 bits per heavy atom. The topological polar surface area (TPSA) is 49.8 Å². The Morgan fingerprint density at radius 1 is 1.32 bits per heavy atom. The molecule has 0 spiro atoms. The standard InChI is InChI=1S/C13H19F2NO3/c14-13(15,12(18)5-2-6-12)11(17)16-7-1-3-10-9(16)4-8-19-10/h9-10,18H,1-8H2/t9-,10-/m1/s1. The summed E-state index contributed by atoms with van der Waals surface area (Å²) >= 11 is 0. The van der Waals surface area contributed by atoms with Crippen molar-refractivity contribution in [3.8, 4) is 0 Å². The Bertz CT molecular complexity index is 384. The highest BCUT2D eigenvalue weighted by atomic mass is 19.3. The van der Waals surface area contributed by atoms with E-state index in [2.05, 4.69) is 0 Å². The molecule has 2 atom stereocenters. The third-order valence-corrected chi connectivity index (χ3v) is 4.76. The summed E-state index contributed by atoms with van der Waals surface area (Å²) in [5, 5.41) is 9.85. The summed E-state index contributed by atoms with van der Waals surface area (Å²) in [5.74, 6) is -4.88. The predicted molar refractivity (Wildman–Crippen MR) is 62.8 cm³/mol. The number of amides is 1. The average Bonchev–Trinajstić information content (AvgIpc) is 2.82. The van der Waals surface area contributed by atoms with Crippen LogP contribution in [0.4, 0.5) is 8.78 Å². The quantitative estimate of drug-likeness (QED) is 0.827. The fourth-order valence-electron chi connectivity index (χ4n) is 3.36. The Kier molecular flexibility index (Phi) is 3.05. The molecule has 2 saturated heterocycles. The van der Waals surface area contributed by atoms with Crippen molar-refractivity contribution in [1.29, 1.82) is 0 Å². The normalized spacial score (nSPS) is 33.7. The highest BCUT2D eigenvalue weighted by Crippen LogP contribution is 2.46. The molecule has 0 aromatic heterocycles. The number of carbonyl (C=O) groups excluding carboxylic acids is 1. The fourth-order valence-corrected chi connectivity index (χ4v) is 3.36. The number of carbonyl (C=O) groups is 1. The molecule has 1 amide bonds. The van der Waals surface area contributed by atoms with Gasteiger partial charge in [-0.05, 0) is 38.5 Å². The van der Waals surface area contributed by atoms with E-state index >= 15 is 0 Å². The van der Waals surface area contributed by atoms with Crippen LogP contribution < -0.4 is 0 Å². The van der Waals surface area contributed by atoms with Crippen LogP contribution in [0.1, 0.15) is 38.5 Å². The van der Waals surface area contributed by atoms with Gasteiger partial charge in [-0.1, -0.05) is 0 Å². The molecule has 2 heterocycles. The van der Waals surface area contributed by atoms with E-state index < -0.39 is 17.4 Å². The highest BCUT2D eigenvalue weighted by molar-refractivity contribution is 5.85. The van der Waals surface area contributed by atoms with E-state index in [0.29, 0.717) is 32.4 Å². The minimum absolute atomic E-state index is 0.00414. The van der Waals surface area contributed by atoms with Gasteiger partial charge in [0.05, 0.1) is 12.1 Å². The molecular weight excluding hydrogens is 256 g/mol. The lowest BCUT2D eigenvalue weighted by atomic mass is 9.74. The summed E-state index contributed by atoms with van der Waals surface area (Å²) in [6.45, 7) is 0.865. The van der Waals surface area contributed by atoms with Crippen molar-refractivity contribution in [3.63, 3.8) is 0 Å². The second-order valence-corrected chi connectivity index (χ2v) is 5.87. The largest absolute Gasteiger partial charge is 0.383 e. The molecule has 0 radical (unpaired) electrons. The number of nitrogens with zero attached hydrogens (tertiary/aromatic N) is 1. The Morgan fingerprint density at radius 2 is 2.05 bits per heavy atom. The van der Waals surface area contributed by atoms with Gasteiger partial charge in [0, 0.05) is 13.2 Å². The van der Waals surface area contributed by atoms with Gasteiger partial charge >= 0.3 is 5.92 Å². The number of hydrogen-bond acceptors (Lipinski definition) is 3. The van der Waals surface area contributed by atoms with Crippen LogP contribution in [0.5, 0.6) is 0 Å². The molecule has 6 heteroatoms. The number of piperidine rings is 1. The lowest BCUT2D eigenvalue weighted by Gasteiger charge is -2.45. The van der Waals surface area contributed by atoms with Gasteiger partial charge in [-0.15, -0.1) is 0 Å². The Balaban J connectivity index is 1.79. The van der Waals surface area contributed by atoms with Crippen LogP contribution in [0, 0.1) is 0 Å². The molecule has 108 valence electrons. The van der Waals surface area contributed by atoms with E-state index in [1.54, 1.807) is 0 Å². The number of alkyl halides is 2. The van der Waals surface area contributed by atoms with Gasteiger partial charge in [0.1, 0.15) is 5.60 Å². The van der Waals surface area contributed by atoms with Gasteiger partial charge in [-0.25, -0.2) is 0 Å². The van der Waals surface area contributed by atoms with E-state index in [1.807, 2.05) is 0 Å². The van der Waals surface area contributed by atoms with Crippen LogP contribution in [0.3, 0.4) is 0 Å². The van der Waals surface area contributed by atoms with Gasteiger partial charge < -0.3 is 14.7 Å². The maximum Gasteiger partial charge on any atom is 0.352 e. The maximum atomic E-state index is 14.2. The maximum absolute atomic E-state index is 14.2. The SMILES string of the molecule is O=C(N1CCC[C@H]2OCC[C@H]21)C(F)(F)C1(O)CCC1. The van der Waals surface area contributed by atoms with Crippen molar-refractivity contribution < 1.29 is 23.4 Å². The number of likely N-dealkylation sites (tertiary alicyclic amines) is 1. The smallest absolute Gasteiger partial charge is 0.352 e. The fraction of sp³-hybridized carbons (Fsp3) is 0.923. The zero-order valence-electron chi connectivity index (χ0n) is 10.8. The molecule has 1 aliphatic carbocycles. The highest BCUT2D eigenvalue weighted by Gasteiger charge is 2.63. The van der Waals surface area contributed by atoms with Crippen LogP contribution in [0.2, 0.25) is 0 Å². The van der Waals surface area contributed by atoms with Crippen molar-refractivity contribution in [2.45, 2.75) is 62.2 Å². The summed E-state index contributed by atoms with van der Waals surface area (Å²) in [7, 11) is 0. The first-order chi connectivity index (χ1) is 8.96. The average molecular weight is 275 g/mol. The summed E-state index contributed by atoms with van der Waals surface area (Å²) < 4.78 is 33.9. The van der Waals surface area contributed by atoms with Crippen LogP contribution in [-0.4, -0.2) is 52.7 Å². The molecule has 1 saturated carbocycles. The molecule has 3 aliphatic rings. The summed E-state index contributed by atoms with van der Waals surface area (Å²) in [6, 6.07) is -0.240. The number of aliphatic hydroxyl groups is 1. The number of ether oxygens (including phenoxy) is 1. The molecule has 19 heavy (non-hydrogen) atoms. The number of fused-ring (bicyclic) bond motifs is 1. The lowest BCUT2D eigenvalue weighted by molar-refractivity contribution is -0.226. The van der Waals surface area contributed by atoms with Crippen molar-refractivity contribution in [2.24, 2.45) is 0 Å². The summed E-state index contributed by atoms with van der Waals surface area (Å²) in [6.07, 6.45) is 2.57. The predicted octanol–water partition coefficient (Wildman–Crippen LogP) is 1.32. The summed E-state index contributed by atoms with van der Waals surface area (Å²) in [5.41, 5.74) is -2.13. The molecule has 3 rings (SSSR count). The zero-order valence-corrected chi connectivity index (χ0v) is 10.8. The van der Waals surface area contributed by atoms with Crippen molar-refractivity contribution in [3.05, 3.63) is 0 Å². The third kappa shape index (κ3) is 1.88. The van der Waals surface area contributed by atoms with E-state index in [0.717, 1.165) is 6.42 Å². The Labute approximate surface area is 110 Å². The molecule has 4 nitrogen and oxygen atoms in total. The number of halogens is 2. The van der Waals surface area contributed by atoms with E-state index in [1.165, 1.54) is 4.90 Å². The van der Waals surface area contributed by atoms with Gasteiger partial charge in [-0.2, -0.15) is 8.78 Å². The molecule has 0 aromatic rings. The first-order valence-corrected chi connectivity index (χ1v) is 6.99. The van der Waals surface area contributed by atoms with E-state index in [-0.39, 0.29) is 25.0 Å². The minimum Gasteiger partial charge on any atom is -0.383 e. The van der Waals surface area contributed by atoms with Gasteiger partial charge in [0.15, 0.2) is 0 Å². The van der Waals surface area contributed by atoms with Gasteiger partial charge in [0.25, 0.3) is 5.91 Å². The monoisotopic (exact) mass is 275 g/mol.